The van der Waals surface area contributed by atoms with Crippen LogP contribution in [0.5, 0.6) is 0 Å². The van der Waals surface area contributed by atoms with Crippen LogP contribution in [0.3, 0.4) is 0 Å². The molecule has 4 rings (SSSR count). The summed E-state index contributed by atoms with van der Waals surface area (Å²) in [5, 5.41) is 9.24. The number of H-pyrrole nitrogens is 1. The number of fused-ring (bicyclic) bond motifs is 1. The Morgan fingerprint density at radius 1 is 1.30 bits per heavy atom. The lowest BCUT2D eigenvalue weighted by atomic mass is 9.90. The molecule has 1 amide bonds. The van der Waals surface area contributed by atoms with Gasteiger partial charge in [0.05, 0.1) is 5.69 Å². The lowest BCUT2D eigenvalue weighted by Gasteiger charge is -2.33. The molecular formula is C18H22FN7O. The van der Waals surface area contributed by atoms with Crippen LogP contribution >= 0.6 is 0 Å². The highest BCUT2D eigenvalue weighted by Crippen LogP contribution is 2.24. The lowest BCUT2D eigenvalue weighted by molar-refractivity contribution is 0.0925. The van der Waals surface area contributed by atoms with Crippen molar-refractivity contribution in [1.29, 1.82) is 0 Å². The standard InChI is InChI=1S/C18H22FN7O/c1-2-12-15(19)16(22-10-21-12)24-13-5-3-4-6-14(13)25-18(27)11-9-23-26-8-7-20-17(11)26/h7-10,13-14,23H,2-6H2,1H3,(H,25,27)(H,21,22,24)/t13-,14-/m1/s1. The predicted molar refractivity (Wildman–Crippen MR) is 98.0 cm³/mol. The van der Waals surface area contributed by atoms with Crippen LogP contribution in [-0.2, 0) is 6.42 Å². The zero-order valence-electron chi connectivity index (χ0n) is 15.1. The molecule has 27 heavy (non-hydrogen) atoms. The Balaban J connectivity index is 1.51. The number of aromatic nitrogens is 5. The summed E-state index contributed by atoms with van der Waals surface area (Å²) in [5.41, 5.74) is 1.46. The highest BCUT2D eigenvalue weighted by Gasteiger charge is 2.29. The van der Waals surface area contributed by atoms with E-state index in [1.807, 2.05) is 6.92 Å². The van der Waals surface area contributed by atoms with Crippen LogP contribution in [0.15, 0.2) is 24.9 Å². The molecule has 0 spiro atoms. The summed E-state index contributed by atoms with van der Waals surface area (Å²) >= 11 is 0. The number of hydrogen-bond acceptors (Lipinski definition) is 5. The lowest BCUT2D eigenvalue weighted by Crippen LogP contribution is -2.48. The smallest absolute Gasteiger partial charge is 0.256 e. The van der Waals surface area contributed by atoms with Crippen LogP contribution in [0.2, 0.25) is 0 Å². The Bertz CT molecular complexity index is 950. The molecule has 1 fully saturated rings. The minimum atomic E-state index is -0.416. The number of carbonyl (C=O) groups excluding carboxylic acids is 1. The summed E-state index contributed by atoms with van der Waals surface area (Å²) in [6, 6.07) is -0.206. The molecule has 3 N–H and O–H groups in total. The first-order valence-corrected chi connectivity index (χ1v) is 9.24. The van der Waals surface area contributed by atoms with E-state index in [1.165, 1.54) is 6.33 Å². The molecule has 0 saturated heterocycles. The molecule has 142 valence electrons. The molecule has 8 nitrogen and oxygen atoms in total. The van der Waals surface area contributed by atoms with E-state index in [-0.39, 0.29) is 23.8 Å². The summed E-state index contributed by atoms with van der Waals surface area (Å²) in [6.07, 6.45) is 10.6. The highest BCUT2D eigenvalue weighted by atomic mass is 19.1. The molecular weight excluding hydrogens is 349 g/mol. The maximum absolute atomic E-state index is 14.5. The van der Waals surface area contributed by atoms with Crippen molar-refractivity contribution in [3.05, 3.63) is 42.0 Å². The van der Waals surface area contributed by atoms with Crippen molar-refractivity contribution in [2.24, 2.45) is 0 Å². The normalized spacial score (nSPS) is 19.9. The van der Waals surface area contributed by atoms with E-state index in [2.05, 4.69) is 30.7 Å². The molecule has 9 heteroatoms. The van der Waals surface area contributed by atoms with Gasteiger partial charge in [-0.2, -0.15) is 0 Å². The second kappa shape index (κ2) is 7.34. The van der Waals surface area contributed by atoms with Gasteiger partial charge >= 0.3 is 0 Å². The first-order chi connectivity index (χ1) is 13.2. The van der Waals surface area contributed by atoms with Crippen LogP contribution in [0.4, 0.5) is 10.2 Å². The Morgan fingerprint density at radius 3 is 2.93 bits per heavy atom. The third-order valence-electron chi connectivity index (χ3n) is 5.08. The van der Waals surface area contributed by atoms with Gasteiger partial charge in [-0.15, -0.1) is 0 Å². The van der Waals surface area contributed by atoms with Crippen molar-refractivity contribution in [2.75, 3.05) is 5.32 Å². The van der Waals surface area contributed by atoms with Crippen LogP contribution in [0, 0.1) is 5.82 Å². The molecule has 2 atom stereocenters. The van der Waals surface area contributed by atoms with Crippen molar-refractivity contribution >= 4 is 17.4 Å². The van der Waals surface area contributed by atoms with Crippen LogP contribution in [-0.4, -0.2) is 42.6 Å². The molecule has 3 aromatic heterocycles. The average Bonchev–Trinajstić information content (AvgIpc) is 3.28. The molecule has 1 saturated carbocycles. The summed E-state index contributed by atoms with van der Waals surface area (Å²) in [6.45, 7) is 1.85. The Kier molecular flexibility index (Phi) is 4.74. The Labute approximate surface area is 155 Å². The number of rotatable bonds is 5. The summed E-state index contributed by atoms with van der Waals surface area (Å²) in [7, 11) is 0. The largest absolute Gasteiger partial charge is 0.363 e. The third kappa shape index (κ3) is 3.36. The van der Waals surface area contributed by atoms with Gasteiger partial charge in [0.15, 0.2) is 17.3 Å². The van der Waals surface area contributed by atoms with Crippen molar-refractivity contribution in [1.82, 2.24) is 29.9 Å². The second-order valence-corrected chi connectivity index (χ2v) is 6.76. The number of hydrogen-bond donors (Lipinski definition) is 3. The fourth-order valence-corrected chi connectivity index (χ4v) is 3.62. The second-order valence-electron chi connectivity index (χ2n) is 6.76. The van der Waals surface area contributed by atoms with Crippen molar-refractivity contribution in [3.8, 4) is 0 Å². The van der Waals surface area contributed by atoms with Gasteiger partial charge in [0.1, 0.15) is 11.9 Å². The molecule has 0 radical (unpaired) electrons. The Hall–Kier alpha value is -2.97. The molecule has 0 aliphatic heterocycles. The van der Waals surface area contributed by atoms with E-state index >= 15 is 0 Å². The average molecular weight is 371 g/mol. The van der Waals surface area contributed by atoms with Gasteiger partial charge in [-0.05, 0) is 19.3 Å². The topological polar surface area (TPSA) is 100 Å². The fraction of sp³-hybridized carbons (Fsp3) is 0.444. The maximum atomic E-state index is 14.5. The van der Waals surface area contributed by atoms with Crippen LogP contribution in [0.25, 0.3) is 5.65 Å². The zero-order valence-corrected chi connectivity index (χ0v) is 15.1. The van der Waals surface area contributed by atoms with E-state index in [1.54, 1.807) is 23.1 Å². The van der Waals surface area contributed by atoms with Gasteiger partial charge in [0.25, 0.3) is 5.91 Å². The van der Waals surface area contributed by atoms with Gasteiger partial charge in [0.2, 0.25) is 0 Å². The number of anilines is 1. The number of aromatic amines is 1. The first-order valence-electron chi connectivity index (χ1n) is 9.24. The van der Waals surface area contributed by atoms with Crippen molar-refractivity contribution in [2.45, 2.75) is 51.1 Å². The fourth-order valence-electron chi connectivity index (χ4n) is 3.62. The summed E-state index contributed by atoms with van der Waals surface area (Å²) in [5.74, 6) is -0.408. The quantitative estimate of drug-likeness (QED) is 0.639. The minimum Gasteiger partial charge on any atom is -0.363 e. The molecule has 0 unspecified atom stereocenters. The predicted octanol–water partition coefficient (Wildman–Crippen LogP) is 2.31. The van der Waals surface area contributed by atoms with Crippen molar-refractivity contribution in [3.63, 3.8) is 0 Å². The SMILES string of the molecule is CCc1ncnc(N[C@@H]2CCCC[C@H]2NC(=O)c2c[nH]n3ccnc23)c1F. The van der Waals surface area contributed by atoms with Crippen LogP contribution in [0.1, 0.15) is 48.7 Å². The minimum absolute atomic E-state index is 0.0912. The number of halogens is 1. The van der Waals surface area contributed by atoms with Gasteiger partial charge in [-0.25, -0.2) is 23.9 Å². The number of imidazole rings is 1. The van der Waals surface area contributed by atoms with Gasteiger partial charge in [-0.3, -0.25) is 9.89 Å². The van der Waals surface area contributed by atoms with E-state index in [9.17, 15) is 9.18 Å². The molecule has 3 aromatic rings. The monoisotopic (exact) mass is 371 g/mol. The number of aryl methyl sites for hydroxylation is 1. The van der Waals surface area contributed by atoms with E-state index in [0.717, 1.165) is 25.7 Å². The summed E-state index contributed by atoms with van der Waals surface area (Å²) in [4.78, 5) is 25.0. The van der Waals surface area contributed by atoms with E-state index in [4.69, 9.17) is 0 Å². The first kappa shape index (κ1) is 17.4. The molecule has 1 aliphatic carbocycles. The maximum Gasteiger partial charge on any atom is 0.256 e. The Morgan fingerprint density at radius 2 is 2.11 bits per heavy atom. The zero-order chi connectivity index (χ0) is 18.8. The molecule has 3 heterocycles. The number of nitrogens with zero attached hydrogens (tertiary/aromatic N) is 4. The molecule has 0 aromatic carbocycles. The third-order valence-corrected chi connectivity index (χ3v) is 5.08. The van der Waals surface area contributed by atoms with Crippen molar-refractivity contribution < 1.29 is 9.18 Å². The molecule has 1 aliphatic rings. The van der Waals surface area contributed by atoms with Gasteiger partial charge < -0.3 is 10.6 Å². The number of carbonyl (C=O) groups is 1. The van der Waals surface area contributed by atoms with E-state index in [0.29, 0.717) is 23.3 Å². The van der Waals surface area contributed by atoms with Gasteiger partial charge in [-0.1, -0.05) is 19.8 Å². The van der Waals surface area contributed by atoms with Crippen LogP contribution < -0.4 is 10.6 Å². The van der Waals surface area contributed by atoms with Gasteiger partial charge in [0, 0.05) is 30.7 Å². The number of nitrogens with one attached hydrogen (secondary N) is 3. The summed E-state index contributed by atoms with van der Waals surface area (Å²) < 4.78 is 16.2. The highest BCUT2D eigenvalue weighted by molar-refractivity contribution is 5.99. The number of amides is 1. The molecule has 0 bridgehead atoms. The van der Waals surface area contributed by atoms with E-state index < -0.39 is 5.82 Å².